The fourth-order valence-corrected chi connectivity index (χ4v) is 2.50. The maximum atomic E-state index is 5.95. The standard InChI is InChI=1S/C11H11ClN2OS/c1-7-3-4-16-11(7)8-5-9(12)14-10(13-8)6-15-2/h3-5H,6H2,1-2H3. The van der Waals surface area contributed by atoms with Gasteiger partial charge in [0.05, 0.1) is 10.6 Å². The van der Waals surface area contributed by atoms with Gasteiger partial charge in [0.1, 0.15) is 11.8 Å². The fourth-order valence-electron chi connectivity index (χ4n) is 1.41. The van der Waals surface area contributed by atoms with E-state index in [0.29, 0.717) is 17.6 Å². The molecule has 2 heterocycles. The molecule has 16 heavy (non-hydrogen) atoms. The number of aryl methyl sites for hydroxylation is 1. The zero-order valence-electron chi connectivity index (χ0n) is 9.03. The monoisotopic (exact) mass is 254 g/mol. The number of aromatic nitrogens is 2. The molecule has 0 unspecified atom stereocenters. The third kappa shape index (κ3) is 2.40. The number of hydrogen-bond donors (Lipinski definition) is 0. The van der Waals surface area contributed by atoms with E-state index in [1.54, 1.807) is 24.5 Å². The Labute approximate surface area is 103 Å². The van der Waals surface area contributed by atoms with Crippen molar-refractivity contribution in [3.8, 4) is 10.6 Å². The molecule has 0 aliphatic heterocycles. The minimum atomic E-state index is 0.373. The van der Waals surface area contributed by atoms with Gasteiger partial charge >= 0.3 is 0 Å². The normalized spacial score (nSPS) is 10.7. The van der Waals surface area contributed by atoms with E-state index >= 15 is 0 Å². The second kappa shape index (κ2) is 4.91. The third-order valence-corrected chi connectivity index (χ3v) is 3.34. The van der Waals surface area contributed by atoms with Gasteiger partial charge in [-0.2, -0.15) is 0 Å². The minimum Gasteiger partial charge on any atom is -0.377 e. The summed E-state index contributed by atoms with van der Waals surface area (Å²) >= 11 is 7.60. The van der Waals surface area contributed by atoms with E-state index in [9.17, 15) is 0 Å². The lowest BCUT2D eigenvalue weighted by Gasteiger charge is -2.03. The molecule has 0 atom stereocenters. The van der Waals surface area contributed by atoms with E-state index in [1.165, 1.54) is 5.56 Å². The SMILES string of the molecule is COCc1nc(Cl)cc(-c2sccc2C)n1. The Bertz CT molecular complexity index is 498. The van der Waals surface area contributed by atoms with Crippen molar-refractivity contribution in [1.82, 2.24) is 9.97 Å². The molecule has 0 fully saturated rings. The predicted molar refractivity (Wildman–Crippen MR) is 65.8 cm³/mol. The Balaban J connectivity index is 2.45. The van der Waals surface area contributed by atoms with Gasteiger partial charge < -0.3 is 4.74 Å². The number of nitrogens with zero attached hydrogens (tertiary/aromatic N) is 2. The molecule has 0 bridgehead atoms. The van der Waals surface area contributed by atoms with Crippen molar-refractivity contribution < 1.29 is 4.74 Å². The van der Waals surface area contributed by atoms with Crippen LogP contribution in [0.15, 0.2) is 17.5 Å². The minimum absolute atomic E-state index is 0.373. The number of halogens is 1. The fraction of sp³-hybridized carbons (Fsp3) is 0.273. The lowest BCUT2D eigenvalue weighted by molar-refractivity contribution is 0.178. The van der Waals surface area contributed by atoms with Crippen molar-refractivity contribution >= 4 is 22.9 Å². The highest BCUT2D eigenvalue weighted by molar-refractivity contribution is 7.13. The summed E-state index contributed by atoms with van der Waals surface area (Å²) in [5.74, 6) is 0.609. The summed E-state index contributed by atoms with van der Waals surface area (Å²) in [6, 6.07) is 3.84. The van der Waals surface area contributed by atoms with Crippen LogP contribution in [0.4, 0.5) is 0 Å². The lowest BCUT2D eigenvalue weighted by atomic mass is 10.2. The summed E-state index contributed by atoms with van der Waals surface area (Å²) in [5.41, 5.74) is 2.06. The van der Waals surface area contributed by atoms with Crippen LogP contribution in [0.3, 0.4) is 0 Å². The van der Waals surface area contributed by atoms with Crippen LogP contribution in [0.2, 0.25) is 5.15 Å². The van der Waals surface area contributed by atoms with Gasteiger partial charge in [-0.1, -0.05) is 11.6 Å². The van der Waals surface area contributed by atoms with Crippen molar-refractivity contribution in [2.75, 3.05) is 7.11 Å². The Morgan fingerprint density at radius 2 is 2.25 bits per heavy atom. The topological polar surface area (TPSA) is 35.0 Å². The summed E-state index contributed by atoms with van der Waals surface area (Å²) in [5, 5.41) is 2.49. The molecule has 0 spiro atoms. The average Bonchev–Trinajstić information content (AvgIpc) is 2.64. The van der Waals surface area contributed by atoms with Crippen molar-refractivity contribution in [1.29, 1.82) is 0 Å². The average molecular weight is 255 g/mol. The predicted octanol–water partition coefficient (Wildman–Crippen LogP) is 3.31. The molecule has 0 amide bonds. The Morgan fingerprint density at radius 3 is 2.88 bits per heavy atom. The smallest absolute Gasteiger partial charge is 0.156 e. The van der Waals surface area contributed by atoms with Gasteiger partial charge in [0.2, 0.25) is 0 Å². The van der Waals surface area contributed by atoms with Gasteiger partial charge in [-0.15, -0.1) is 11.3 Å². The van der Waals surface area contributed by atoms with E-state index in [4.69, 9.17) is 16.3 Å². The van der Waals surface area contributed by atoms with E-state index < -0.39 is 0 Å². The van der Waals surface area contributed by atoms with E-state index in [2.05, 4.69) is 23.0 Å². The number of thiophene rings is 1. The van der Waals surface area contributed by atoms with E-state index in [1.807, 2.05) is 5.38 Å². The molecule has 2 aromatic heterocycles. The van der Waals surface area contributed by atoms with Crippen molar-refractivity contribution in [3.63, 3.8) is 0 Å². The molecule has 2 aromatic rings. The molecular weight excluding hydrogens is 244 g/mol. The van der Waals surface area contributed by atoms with Gasteiger partial charge in [0.15, 0.2) is 5.82 Å². The quantitative estimate of drug-likeness (QED) is 0.789. The second-order valence-electron chi connectivity index (χ2n) is 3.36. The first kappa shape index (κ1) is 11.5. The van der Waals surface area contributed by atoms with Gasteiger partial charge in [-0.25, -0.2) is 9.97 Å². The molecule has 0 saturated heterocycles. The highest BCUT2D eigenvalue weighted by Gasteiger charge is 2.08. The van der Waals surface area contributed by atoms with E-state index in [-0.39, 0.29) is 0 Å². The highest BCUT2D eigenvalue weighted by Crippen LogP contribution is 2.28. The maximum Gasteiger partial charge on any atom is 0.156 e. The van der Waals surface area contributed by atoms with Gasteiger partial charge in [-0.05, 0) is 23.9 Å². The van der Waals surface area contributed by atoms with E-state index in [0.717, 1.165) is 10.6 Å². The van der Waals surface area contributed by atoms with Gasteiger partial charge in [0.25, 0.3) is 0 Å². The van der Waals surface area contributed by atoms with Crippen LogP contribution in [0.25, 0.3) is 10.6 Å². The largest absolute Gasteiger partial charge is 0.377 e. The maximum absolute atomic E-state index is 5.95. The molecule has 0 aliphatic rings. The van der Waals surface area contributed by atoms with Crippen LogP contribution in [0.5, 0.6) is 0 Å². The number of rotatable bonds is 3. The second-order valence-corrected chi connectivity index (χ2v) is 4.66. The summed E-state index contributed by atoms with van der Waals surface area (Å²) in [6.45, 7) is 2.43. The van der Waals surface area contributed by atoms with Crippen LogP contribution >= 0.6 is 22.9 Å². The first-order valence-electron chi connectivity index (χ1n) is 4.77. The van der Waals surface area contributed by atoms with Crippen molar-refractivity contribution in [2.45, 2.75) is 13.5 Å². The Morgan fingerprint density at radius 1 is 1.44 bits per heavy atom. The molecule has 0 aromatic carbocycles. The van der Waals surface area contributed by atoms with Crippen LogP contribution in [0.1, 0.15) is 11.4 Å². The van der Waals surface area contributed by atoms with Crippen LogP contribution in [-0.2, 0) is 11.3 Å². The molecule has 5 heteroatoms. The first-order valence-corrected chi connectivity index (χ1v) is 6.03. The summed E-state index contributed by atoms with van der Waals surface area (Å²) in [6.07, 6.45) is 0. The first-order chi connectivity index (χ1) is 7.70. The third-order valence-electron chi connectivity index (χ3n) is 2.11. The molecule has 0 saturated carbocycles. The van der Waals surface area contributed by atoms with Crippen LogP contribution in [-0.4, -0.2) is 17.1 Å². The van der Waals surface area contributed by atoms with Gasteiger partial charge in [-0.3, -0.25) is 0 Å². The molecule has 0 aliphatic carbocycles. The molecule has 2 rings (SSSR count). The number of ether oxygens (including phenoxy) is 1. The number of hydrogen-bond acceptors (Lipinski definition) is 4. The molecule has 84 valence electrons. The Hall–Kier alpha value is -0.970. The van der Waals surface area contributed by atoms with Crippen molar-refractivity contribution in [2.24, 2.45) is 0 Å². The molecule has 0 N–H and O–H groups in total. The summed E-state index contributed by atoms with van der Waals surface area (Å²) in [7, 11) is 1.61. The lowest BCUT2D eigenvalue weighted by Crippen LogP contribution is -1.98. The van der Waals surface area contributed by atoms with Crippen LogP contribution in [0, 0.1) is 6.92 Å². The molecular formula is C11H11ClN2OS. The van der Waals surface area contributed by atoms with Crippen LogP contribution < -0.4 is 0 Å². The Kier molecular flexibility index (Phi) is 3.53. The summed E-state index contributed by atoms with van der Waals surface area (Å²) in [4.78, 5) is 9.64. The zero-order valence-corrected chi connectivity index (χ0v) is 10.6. The molecule has 0 radical (unpaired) electrons. The molecule has 3 nitrogen and oxygen atoms in total. The highest BCUT2D eigenvalue weighted by atomic mass is 35.5. The number of methoxy groups -OCH3 is 1. The van der Waals surface area contributed by atoms with Gasteiger partial charge in [0, 0.05) is 13.2 Å². The zero-order chi connectivity index (χ0) is 11.5. The van der Waals surface area contributed by atoms with Crippen molar-refractivity contribution in [3.05, 3.63) is 34.1 Å². The summed E-state index contributed by atoms with van der Waals surface area (Å²) < 4.78 is 5.01.